The van der Waals surface area contributed by atoms with Crippen molar-refractivity contribution in [2.45, 2.75) is 64.5 Å². The van der Waals surface area contributed by atoms with E-state index in [4.69, 9.17) is 0 Å². The summed E-state index contributed by atoms with van der Waals surface area (Å²) in [5.74, 6) is 0.209. The summed E-state index contributed by atoms with van der Waals surface area (Å²) >= 11 is 1.72. The number of aromatic nitrogens is 1. The Balaban J connectivity index is 1.51. The Hall–Kier alpha value is -1.14. The molecule has 6 heteroatoms. The highest BCUT2D eigenvalue weighted by Crippen LogP contribution is 2.22. The van der Waals surface area contributed by atoms with Crippen LogP contribution in [0.25, 0.3) is 0 Å². The SMILES string of the molecule is Cc1csc(N2CCCN([C@H](C)C(=O)NC3CCCCC3)CC2)n1. The lowest BCUT2D eigenvalue weighted by Gasteiger charge is -2.30. The van der Waals surface area contributed by atoms with Gasteiger partial charge in [-0.3, -0.25) is 9.69 Å². The molecular weight excluding hydrogens is 320 g/mol. The summed E-state index contributed by atoms with van der Waals surface area (Å²) in [6.07, 6.45) is 7.21. The Bertz CT molecular complexity index is 541. The van der Waals surface area contributed by atoms with Crippen LogP contribution in [-0.2, 0) is 4.79 Å². The molecule has 1 aliphatic carbocycles. The molecule has 5 nitrogen and oxygen atoms in total. The average molecular weight is 351 g/mol. The van der Waals surface area contributed by atoms with Gasteiger partial charge in [0.05, 0.1) is 11.7 Å². The molecule has 1 amide bonds. The minimum atomic E-state index is -0.0371. The number of anilines is 1. The zero-order chi connectivity index (χ0) is 16.9. The van der Waals surface area contributed by atoms with Crippen molar-refractivity contribution in [2.24, 2.45) is 0 Å². The smallest absolute Gasteiger partial charge is 0.237 e. The maximum Gasteiger partial charge on any atom is 0.237 e. The predicted octanol–water partition coefficient (Wildman–Crippen LogP) is 2.80. The minimum absolute atomic E-state index is 0.0371. The van der Waals surface area contributed by atoms with Gasteiger partial charge in [-0.05, 0) is 33.1 Å². The third-order valence-corrected chi connectivity index (χ3v) is 6.31. The van der Waals surface area contributed by atoms with E-state index in [1.54, 1.807) is 11.3 Å². The molecule has 1 saturated heterocycles. The van der Waals surface area contributed by atoms with Gasteiger partial charge in [0, 0.05) is 37.6 Å². The topological polar surface area (TPSA) is 48.5 Å². The van der Waals surface area contributed by atoms with E-state index >= 15 is 0 Å². The van der Waals surface area contributed by atoms with Crippen LogP contribution < -0.4 is 10.2 Å². The number of hydrogen-bond donors (Lipinski definition) is 1. The van der Waals surface area contributed by atoms with Crippen molar-refractivity contribution in [2.75, 3.05) is 31.1 Å². The molecule has 24 heavy (non-hydrogen) atoms. The molecule has 1 atom stereocenters. The van der Waals surface area contributed by atoms with E-state index in [9.17, 15) is 4.79 Å². The Kier molecular flexibility index (Phi) is 6.11. The highest BCUT2D eigenvalue weighted by molar-refractivity contribution is 7.13. The second-order valence-electron chi connectivity index (χ2n) is 7.17. The molecule has 0 spiro atoms. The fourth-order valence-electron chi connectivity index (χ4n) is 3.74. The van der Waals surface area contributed by atoms with Crippen LogP contribution in [-0.4, -0.2) is 54.1 Å². The number of nitrogens with zero attached hydrogens (tertiary/aromatic N) is 3. The fraction of sp³-hybridized carbons (Fsp3) is 0.778. The summed E-state index contributed by atoms with van der Waals surface area (Å²) in [7, 11) is 0. The van der Waals surface area contributed by atoms with Crippen LogP contribution in [0.15, 0.2) is 5.38 Å². The lowest BCUT2D eigenvalue weighted by molar-refractivity contribution is -0.126. The number of carbonyl (C=O) groups is 1. The monoisotopic (exact) mass is 350 g/mol. The van der Waals surface area contributed by atoms with E-state index in [-0.39, 0.29) is 11.9 Å². The van der Waals surface area contributed by atoms with E-state index in [1.807, 2.05) is 6.92 Å². The molecular formula is C18H30N4OS. The van der Waals surface area contributed by atoms with Crippen LogP contribution in [0.2, 0.25) is 0 Å². The van der Waals surface area contributed by atoms with Crippen molar-refractivity contribution in [3.63, 3.8) is 0 Å². The lowest BCUT2D eigenvalue weighted by Crippen LogP contribution is -2.49. The van der Waals surface area contributed by atoms with E-state index < -0.39 is 0 Å². The van der Waals surface area contributed by atoms with Crippen molar-refractivity contribution in [1.29, 1.82) is 0 Å². The van der Waals surface area contributed by atoms with Crippen molar-refractivity contribution < 1.29 is 4.79 Å². The van der Waals surface area contributed by atoms with Gasteiger partial charge in [0.25, 0.3) is 0 Å². The maximum atomic E-state index is 12.6. The quantitative estimate of drug-likeness (QED) is 0.907. The number of aryl methyl sites for hydroxylation is 1. The van der Waals surface area contributed by atoms with Crippen molar-refractivity contribution in [3.8, 4) is 0 Å². The first-order valence-corrected chi connectivity index (χ1v) is 10.2. The van der Waals surface area contributed by atoms with E-state index in [1.165, 1.54) is 19.3 Å². The largest absolute Gasteiger partial charge is 0.352 e. The van der Waals surface area contributed by atoms with Crippen molar-refractivity contribution in [1.82, 2.24) is 15.2 Å². The van der Waals surface area contributed by atoms with Crippen LogP contribution in [0.4, 0.5) is 5.13 Å². The number of rotatable bonds is 4. The van der Waals surface area contributed by atoms with Gasteiger partial charge in [0.2, 0.25) is 5.91 Å². The van der Waals surface area contributed by atoms with Gasteiger partial charge in [0.1, 0.15) is 0 Å². The van der Waals surface area contributed by atoms with Crippen LogP contribution >= 0.6 is 11.3 Å². The lowest BCUT2D eigenvalue weighted by atomic mass is 9.95. The Morgan fingerprint density at radius 2 is 2.00 bits per heavy atom. The highest BCUT2D eigenvalue weighted by atomic mass is 32.1. The third-order valence-electron chi connectivity index (χ3n) is 5.29. The first-order valence-electron chi connectivity index (χ1n) is 9.35. The van der Waals surface area contributed by atoms with Gasteiger partial charge in [-0.15, -0.1) is 11.3 Å². The van der Waals surface area contributed by atoms with Gasteiger partial charge < -0.3 is 10.2 Å². The summed E-state index contributed by atoms with van der Waals surface area (Å²) in [6, 6.07) is 0.361. The van der Waals surface area contributed by atoms with Gasteiger partial charge in [0.15, 0.2) is 5.13 Å². The molecule has 1 N–H and O–H groups in total. The van der Waals surface area contributed by atoms with Crippen LogP contribution in [0, 0.1) is 6.92 Å². The number of thiazole rings is 1. The molecule has 3 rings (SSSR count). The maximum absolute atomic E-state index is 12.6. The van der Waals surface area contributed by atoms with E-state index in [0.717, 1.165) is 56.3 Å². The zero-order valence-corrected chi connectivity index (χ0v) is 15.8. The van der Waals surface area contributed by atoms with Crippen molar-refractivity contribution >= 4 is 22.4 Å². The molecule has 0 radical (unpaired) electrons. The Morgan fingerprint density at radius 3 is 2.71 bits per heavy atom. The first-order chi connectivity index (χ1) is 11.6. The number of amides is 1. The minimum Gasteiger partial charge on any atom is -0.352 e. The van der Waals surface area contributed by atoms with Crippen LogP contribution in [0.5, 0.6) is 0 Å². The molecule has 1 aromatic heterocycles. The fourth-order valence-corrected chi connectivity index (χ4v) is 4.59. The average Bonchev–Trinajstić information content (AvgIpc) is 2.88. The zero-order valence-electron chi connectivity index (χ0n) is 15.0. The van der Waals surface area contributed by atoms with E-state index in [0.29, 0.717) is 6.04 Å². The second-order valence-corrected chi connectivity index (χ2v) is 8.00. The first kappa shape index (κ1) is 17.7. The summed E-state index contributed by atoms with van der Waals surface area (Å²) < 4.78 is 0. The Labute approximate surface area is 149 Å². The molecule has 1 saturated carbocycles. The van der Waals surface area contributed by atoms with Gasteiger partial charge in [-0.1, -0.05) is 19.3 Å². The molecule has 2 fully saturated rings. The molecule has 1 aromatic rings. The Morgan fingerprint density at radius 1 is 1.21 bits per heavy atom. The summed E-state index contributed by atoms with van der Waals surface area (Å²) in [5.41, 5.74) is 1.09. The van der Waals surface area contributed by atoms with Gasteiger partial charge in [-0.25, -0.2) is 4.98 Å². The van der Waals surface area contributed by atoms with Crippen LogP contribution in [0.3, 0.4) is 0 Å². The second kappa shape index (κ2) is 8.30. The predicted molar refractivity (Wildman–Crippen MR) is 99.7 cm³/mol. The summed E-state index contributed by atoms with van der Waals surface area (Å²) in [5, 5.41) is 6.51. The number of nitrogens with one attached hydrogen (secondary N) is 1. The summed E-state index contributed by atoms with van der Waals surface area (Å²) in [4.78, 5) is 21.9. The van der Waals surface area contributed by atoms with Gasteiger partial charge in [-0.2, -0.15) is 0 Å². The molecule has 2 aliphatic rings. The highest BCUT2D eigenvalue weighted by Gasteiger charge is 2.26. The molecule has 2 heterocycles. The standard InChI is InChI=1S/C18H30N4OS/c1-14-13-24-18(19-14)22-10-6-9-21(11-12-22)15(2)17(23)20-16-7-4-3-5-8-16/h13,15-16H,3-12H2,1-2H3,(H,20,23)/t15-/m1/s1. The van der Waals surface area contributed by atoms with Crippen molar-refractivity contribution in [3.05, 3.63) is 11.1 Å². The van der Waals surface area contributed by atoms with Gasteiger partial charge >= 0.3 is 0 Å². The molecule has 0 aromatic carbocycles. The molecule has 134 valence electrons. The van der Waals surface area contributed by atoms with Crippen LogP contribution in [0.1, 0.15) is 51.1 Å². The third kappa shape index (κ3) is 4.48. The summed E-state index contributed by atoms with van der Waals surface area (Å²) in [6.45, 7) is 8.00. The molecule has 1 aliphatic heterocycles. The number of hydrogen-bond acceptors (Lipinski definition) is 5. The molecule has 0 bridgehead atoms. The molecule has 0 unspecified atom stereocenters. The normalized spacial score (nSPS) is 22.2. The number of carbonyl (C=O) groups excluding carboxylic acids is 1. The van der Waals surface area contributed by atoms with E-state index in [2.05, 4.69) is 32.4 Å².